The number of piperazine rings is 1. The molecule has 5 nitrogen and oxygen atoms in total. The van der Waals surface area contributed by atoms with Crippen LogP contribution in [0.3, 0.4) is 0 Å². The molecule has 2 aromatic rings. The third kappa shape index (κ3) is 5.13. The standard InChI is InChI=1S/C21H25F3N2O3/c1-27-18-12-16(20(21(22,23)24)26-10-8-25-9-11-26)17(13-19(18)28-2)29-14-15-6-4-3-5-7-15/h3-7,12-13,20,25H,8-11,14H2,1-2H3/t20-/m0/s1. The Kier molecular flexibility index (Phi) is 6.87. The Balaban J connectivity index is 2.02. The van der Waals surface area contributed by atoms with Crippen molar-refractivity contribution in [1.82, 2.24) is 10.2 Å². The molecule has 1 aliphatic rings. The topological polar surface area (TPSA) is 43.0 Å². The number of halogens is 3. The normalized spacial score (nSPS) is 16.3. The maximum Gasteiger partial charge on any atom is 0.408 e. The molecule has 29 heavy (non-hydrogen) atoms. The Hall–Kier alpha value is -2.45. The SMILES string of the molecule is COc1cc(OCc2ccccc2)c([C@H](N2CCNCC2)C(F)(F)F)cc1OC. The number of methoxy groups -OCH3 is 2. The van der Waals surface area contributed by atoms with Gasteiger partial charge in [-0.2, -0.15) is 13.2 Å². The second kappa shape index (κ2) is 9.37. The highest BCUT2D eigenvalue weighted by atomic mass is 19.4. The number of alkyl halides is 3. The van der Waals surface area contributed by atoms with E-state index in [1.165, 1.54) is 31.3 Å². The van der Waals surface area contributed by atoms with Gasteiger partial charge in [0, 0.05) is 37.8 Å². The van der Waals surface area contributed by atoms with Gasteiger partial charge >= 0.3 is 6.18 Å². The second-order valence-electron chi connectivity index (χ2n) is 6.75. The number of hydrogen-bond donors (Lipinski definition) is 1. The molecule has 0 radical (unpaired) electrons. The summed E-state index contributed by atoms with van der Waals surface area (Å²) in [6.07, 6.45) is -4.47. The summed E-state index contributed by atoms with van der Waals surface area (Å²) in [5.74, 6) is 0.687. The van der Waals surface area contributed by atoms with Crippen molar-refractivity contribution in [3.63, 3.8) is 0 Å². The molecular formula is C21H25F3N2O3. The van der Waals surface area contributed by atoms with Gasteiger partial charge in [0.25, 0.3) is 0 Å². The van der Waals surface area contributed by atoms with E-state index in [9.17, 15) is 13.2 Å². The van der Waals surface area contributed by atoms with Crippen LogP contribution in [0.1, 0.15) is 17.2 Å². The summed E-state index contributed by atoms with van der Waals surface area (Å²) < 4.78 is 58.9. The fraction of sp³-hybridized carbons (Fsp3) is 0.429. The van der Waals surface area contributed by atoms with Gasteiger partial charge in [0.2, 0.25) is 0 Å². The van der Waals surface area contributed by atoms with E-state index in [4.69, 9.17) is 14.2 Å². The van der Waals surface area contributed by atoms with Crippen molar-refractivity contribution in [2.24, 2.45) is 0 Å². The van der Waals surface area contributed by atoms with Crippen molar-refractivity contribution in [2.45, 2.75) is 18.8 Å². The summed E-state index contributed by atoms with van der Waals surface area (Å²) in [5.41, 5.74) is 0.881. The second-order valence-corrected chi connectivity index (χ2v) is 6.75. The van der Waals surface area contributed by atoms with E-state index in [0.29, 0.717) is 18.8 Å². The quantitative estimate of drug-likeness (QED) is 0.752. The average molecular weight is 410 g/mol. The van der Waals surface area contributed by atoms with Crippen molar-refractivity contribution in [2.75, 3.05) is 40.4 Å². The number of nitrogens with one attached hydrogen (secondary N) is 1. The predicted molar refractivity (Wildman–Crippen MR) is 104 cm³/mol. The lowest BCUT2D eigenvalue weighted by Crippen LogP contribution is -2.49. The lowest BCUT2D eigenvalue weighted by molar-refractivity contribution is -0.188. The van der Waals surface area contributed by atoms with Gasteiger partial charge in [0.05, 0.1) is 14.2 Å². The van der Waals surface area contributed by atoms with Gasteiger partial charge in [-0.15, -0.1) is 0 Å². The van der Waals surface area contributed by atoms with E-state index in [-0.39, 0.29) is 36.8 Å². The first-order valence-electron chi connectivity index (χ1n) is 9.38. The van der Waals surface area contributed by atoms with Crippen LogP contribution in [0.5, 0.6) is 17.2 Å². The largest absolute Gasteiger partial charge is 0.493 e. The number of ether oxygens (including phenoxy) is 3. The Morgan fingerprint density at radius 3 is 2.17 bits per heavy atom. The predicted octanol–water partition coefficient (Wildman–Crippen LogP) is 3.79. The maximum absolute atomic E-state index is 14.2. The molecule has 0 unspecified atom stereocenters. The maximum atomic E-state index is 14.2. The first-order chi connectivity index (χ1) is 13.9. The molecule has 0 saturated carbocycles. The Morgan fingerprint density at radius 1 is 0.966 bits per heavy atom. The van der Waals surface area contributed by atoms with Crippen LogP contribution in [0.2, 0.25) is 0 Å². The first-order valence-corrected chi connectivity index (χ1v) is 9.38. The van der Waals surface area contributed by atoms with E-state index in [1.807, 2.05) is 30.3 Å². The third-order valence-corrected chi connectivity index (χ3v) is 4.87. The number of benzene rings is 2. The molecule has 8 heteroatoms. The summed E-state index contributed by atoms with van der Waals surface area (Å²) in [6.45, 7) is 1.73. The summed E-state index contributed by atoms with van der Waals surface area (Å²) in [6, 6.07) is 10.3. The van der Waals surface area contributed by atoms with Crippen LogP contribution in [0.4, 0.5) is 13.2 Å². The molecular weight excluding hydrogens is 385 g/mol. The average Bonchev–Trinajstić information content (AvgIpc) is 2.73. The fourth-order valence-electron chi connectivity index (χ4n) is 3.47. The highest BCUT2D eigenvalue weighted by Crippen LogP contribution is 2.45. The van der Waals surface area contributed by atoms with Crippen LogP contribution >= 0.6 is 0 Å². The van der Waals surface area contributed by atoms with E-state index >= 15 is 0 Å². The van der Waals surface area contributed by atoms with Crippen molar-refractivity contribution in [1.29, 1.82) is 0 Å². The lowest BCUT2D eigenvalue weighted by atomic mass is 10.0. The Morgan fingerprint density at radius 2 is 1.59 bits per heavy atom. The zero-order valence-corrected chi connectivity index (χ0v) is 16.5. The van der Waals surface area contributed by atoms with Gasteiger partial charge in [0.1, 0.15) is 18.4 Å². The van der Waals surface area contributed by atoms with E-state index in [0.717, 1.165) is 5.56 Å². The fourth-order valence-corrected chi connectivity index (χ4v) is 3.47. The van der Waals surface area contributed by atoms with Crippen molar-refractivity contribution in [3.8, 4) is 17.2 Å². The first kappa shape index (κ1) is 21.3. The molecule has 0 aromatic heterocycles. The van der Waals surface area contributed by atoms with E-state index in [1.54, 1.807) is 0 Å². The third-order valence-electron chi connectivity index (χ3n) is 4.87. The van der Waals surface area contributed by atoms with Crippen LogP contribution in [0.15, 0.2) is 42.5 Å². The summed E-state index contributed by atoms with van der Waals surface area (Å²) in [5, 5.41) is 3.09. The molecule has 1 heterocycles. The number of nitrogens with zero attached hydrogens (tertiary/aromatic N) is 1. The molecule has 158 valence electrons. The molecule has 0 bridgehead atoms. The molecule has 3 rings (SSSR count). The van der Waals surface area contributed by atoms with Crippen LogP contribution < -0.4 is 19.5 Å². The molecule has 1 N–H and O–H groups in total. The number of rotatable bonds is 7. The zero-order valence-electron chi connectivity index (χ0n) is 16.5. The van der Waals surface area contributed by atoms with Crippen molar-refractivity contribution >= 4 is 0 Å². The van der Waals surface area contributed by atoms with Gasteiger partial charge in [-0.05, 0) is 11.6 Å². The molecule has 0 spiro atoms. The molecule has 0 amide bonds. The Bertz CT molecular complexity index is 794. The zero-order chi connectivity index (χ0) is 20.9. The molecule has 1 fully saturated rings. The highest BCUT2D eigenvalue weighted by Gasteiger charge is 2.46. The molecule has 1 aliphatic heterocycles. The van der Waals surface area contributed by atoms with Gasteiger partial charge < -0.3 is 19.5 Å². The van der Waals surface area contributed by atoms with Crippen molar-refractivity contribution < 1.29 is 27.4 Å². The van der Waals surface area contributed by atoms with E-state index in [2.05, 4.69) is 5.32 Å². The number of hydrogen-bond acceptors (Lipinski definition) is 5. The highest BCUT2D eigenvalue weighted by molar-refractivity contribution is 5.52. The van der Waals surface area contributed by atoms with Gasteiger partial charge in [-0.3, -0.25) is 4.90 Å². The minimum absolute atomic E-state index is 0.0213. The molecule has 1 atom stereocenters. The van der Waals surface area contributed by atoms with Crippen LogP contribution in [-0.4, -0.2) is 51.5 Å². The monoisotopic (exact) mass is 410 g/mol. The van der Waals surface area contributed by atoms with Crippen molar-refractivity contribution in [3.05, 3.63) is 53.6 Å². The van der Waals surface area contributed by atoms with Gasteiger partial charge in [0.15, 0.2) is 11.5 Å². The van der Waals surface area contributed by atoms with Crippen LogP contribution in [0, 0.1) is 0 Å². The van der Waals surface area contributed by atoms with E-state index < -0.39 is 12.2 Å². The summed E-state index contributed by atoms with van der Waals surface area (Å²) in [4.78, 5) is 1.42. The van der Waals surface area contributed by atoms with Crippen LogP contribution in [0.25, 0.3) is 0 Å². The molecule has 1 saturated heterocycles. The van der Waals surface area contributed by atoms with Crippen LogP contribution in [-0.2, 0) is 6.61 Å². The van der Waals surface area contributed by atoms with Gasteiger partial charge in [-0.1, -0.05) is 30.3 Å². The minimum Gasteiger partial charge on any atom is -0.493 e. The molecule has 2 aromatic carbocycles. The minimum atomic E-state index is -4.47. The lowest BCUT2D eigenvalue weighted by Gasteiger charge is -2.37. The Labute approximate surface area is 168 Å². The summed E-state index contributed by atoms with van der Waals surface area (Å²) >= 11 is 0. The van der Waals surface area contributed by atoms with Gasteiger partial charge in [-0.25, -0.2) is 0 Å². The summed E-state index contributed by atoms with van der Waals surface area (Å²) in [7, 11) is 2.84. The molecule has 0 aliphatic carbocycles. The smallest absolute Gasteiger partial charge is 0.408 e.